The Morgan fingerprint density at radius 2 is 1.35 bits per heavy atom. The summed E-state index contributed by atoms with van der Waals surface area (Å²) >= 11 is 0. The second-order valence-corrected chi connectivity index (χ2v) is 4.14. The van der Waals surface area contributed by atoms with E-state index >= 15 is 0 Å². The van der Waals surface area contributed by atoms with Gasteiger partial charge < -0.3 is 15.7 Å². The van der Waals surface area contributed by atoms with Crippen molar-refractivity contribution in [1.29, 1.82) is 0 Å². The molecule has 5 nitrogen and oxygen atoms in total. The Morgan fingerprint density at radius 1 is 0.850 bits per heavy atom. The van der Waals surface area contributed by atoms with Crippen molar-refractivity contribution in [3.8, 4) is 0 Å². The second-order valence-electron chi connectivity index (χ2n) is 4.14. The van der Waals surface area contributed by atoms with E-state index in [1.54, 1.807) is 48.5 Å². The fourth-order valence-electron chi connectivity index (χ4n) is 1.68. The number of carbonyl (C=O) groups is 2. The van der Waals surface area contributed by atoms with E-state index in [0.717, 1.165) is 0 Å². The highest BCUT2D eigenvalue weighted by Gasteiger charge is 2.26. The number of carbonyl (C=O) groups excluding carboxylic acids is 1. The van der Waals surface area contributed by atoms with E-state index in [0.29, 0.717) is 11.4 Å². The van der Waals surface area contributed by atoms with Crippen molar-refractivity contribution in [2.75, 3.05) is 10.6 Å². The van der Waals surface area contributed by atoms with Gasteiger partial charge in [0.1, 0.15) is 0 Å². The molecule has 1 unspecified atom stereocenters. The highest BCUT2D eigenvalue weighted by Crippen LogP contribution is 2.10. The summed E-state index contributed by atoms with van der Waals surface area (Å²) in [6, 6.07) is 16.1. The van der Waals surface area contributed by atoms with Crippen LogP contribution in [0.25, 0.3) is 0 Å². The van der Waals surface area contributed by atoms with Crippen molar-refractivity contribution in [2.24, 2.45) is 0 Å². The lowest BCUT2D eigenvalue weighted by molar-refractivity contribution is -0.140. The van der Waals surface area contributed by atoms with Crippen molar-refractivity contribution in [1.82, 2.24) is 0 Å². The van der Waals surface area contributed by atoms with Crippen molar-refractivity contribution in [3.63, 3.8) is 0 Å². The van der Waals surface area contributed by atoms with E-state index in [-0.39, 0.29) is 0 Å². The maximum absolute atomic E-state index is 12.0. The second kappa shape index (κ2) is 6.38. The highest BCUT2D eigenvalue weighted by atomic mass is 16.4. The lowest BCUT2D eigenvalue weighted by Gasteiger charge is -2.15. The number of anilines is 2. The van der Waals surface area contributed by atoms with Crippen molar-refractivity contribution in [3.05, 3.63) is 60.7 Å². The van der Waals surface area contributed by atoms with Crippen LogP contribution in [0, 0.1) is 0 Å². The Morgan fingerprint density at radius 3 is 1.85 bits per heavy atom. The maximum Gasteiger partial charge on any atom is 0.336 e. The normalized spacial score (nSPS) is 11.4. The quantitative estimate of drug-likeness (QED) is 0.728. The summed E-state index contributed by atoms with van der Waals surface area (Å²) in [5, 5.41) is 14.4. The van der Waals surface area contributed by atoms with Gasteiger partial charge in [0.25, 0.3) is 5.91 Å². The molecule has 3 N–H and O–H groups in total. The van der Waals surface area contributed by atoms with Gasteiger partial charge in [0, 0.05) is 11.4 Å². The van der Waals surface area contributed by atoms with Crippen molar-refractivity contribution < 1.29 is 14.7 Å². The minimum Gasteiger partial charge on any atom is -0.479 e. The van der Waals surface area contributed by atoms with E-state index in [2.05, 4.69) is 10.6 Å². The SMILES string of the molecule is O=C(O)C(Nc1ccccc1)C(=O)Nc1ccccc1. The van der Waals surface area contributed by atoms with Crippen LogP contribution in [0.4, 0.5) is 11.4 Å². The van der Waals surface area contributed by atoms with Crippen LogP contribution in [0.1, 0.15) is 0 Å². The molecular formula is C15H14N2O3. The van der Waals surface area contributed by atoms with Crippen LogP contribution in [0.2, 0.25) is 0 Å². The number of carboxylic acids is 1. The van der Waals surface area contributed by atoms with E-state index in [4.69, 9.17) is 5.11 Å². The van der Waals surface area contributed by atoms with E-state index in [1.807, 2.05) is 12.1 Å². The number of carboxylic acid groups (broad SMARTS) is 1. The average Bonchev–Trinajstić information content (AvgIpc) is 2.46. The molecule has 0 aliphatic carbocycles. The lowest BCUT2D eigenvalue weighted by Crippen LogP contribution is -2.41. The molecule has 0 saturated heterocycles. The molecule has 0 bridgehead atoms. The van der Waals surface area contributed by atoms with E-state index in [1.165, 1.54) is 0 Å². The molecule has 2 rings (SSSR count). The van der Waals surface area contributed by atoms with Crippen LogP contribution in [-0.2, 0) is 9.59 Å². The summed E-state index contributed by atoms with van der Waals surface area (Å²) in [5.41, 5.74) is 1.13. The molecule has 5 heteroatoms. The molecule has 2 aromatic carbocycles. The van der Waals surface area contributed by atoms with Crippen LogP contribution in [0.5, 0.6) is 0 Å². The summed E-state index contributed by atoms with van der Waals surface area (Å²) in [5.74, 6) is -1.85. The first-order valence-corrected chi connectivity index (χ1v) is 6.07. The molecule has 2 aromatic rings. The molecule has 1 atom stereocenters. The third-order valence-electron chi connectivity index (χ3n) is 2.64. The fraction of sp³-hybridized carbons (Fsp3) is 0.0667. The van der Waals surface area contributed by atoms with Crippen LogP contribution in [0.15, 0.2) is 60.7 Å². The number of nitrogens with one attached hydrogen (secondary N) is 2. The number of hydrogen-bond acceptors (Lipinski definition) is 3. The largest absolute Gasteiger partial charge is 0.479 e. The molecule has 0 spiro atoms. The van der Waals surface area contributed by atoms with Gasteiger partial charge in [0.2, 0.25) is 6.04 Å². The Kier molecular flexibility index (Phi) is 4.34. The smallest absolute Gasteiger partial charge is 0.336 e. The minimum absolute atomic E-state index is 0.554. The topological polar surface area (TPSA) is 78.4 Å². The molecule has 20 heavy (non-hydrogen) atoms. The van der Waals surface area contributed by atoms with Crippen LogP contribution in [-0.4, -0.2) is 23.0 Å². The highest BCUT2D eigenvalue weighted by molar-refractivity contribution is 6.09. The standard InChI is InChI=1S/C15H14N2O3/c18-14(17-12-9-5-2-6-10-12)13(15(19)20)16-11-7-3-1-4-8-11/h1-10,13,16H,(H,17,18)(H,19,20). The number of hydrogen-bond donors (Lipinski definition) is 3. The van der Waals surface area contributed by atoms with Gasteiger partial charge in [-0.3, -0.25) is 4.79 Å². The van der Waals surface area contributed by atoms with Gasteiger partial charge in [-0.15, -0.1) is 0 Å². The Labute approximate surface area is 116 Å². The summed E-state index contributed by atoms with van der Waals surface area (Å²) in [6.07, 6.45) is 0. The number of benzene rings is 2. The summed E-state index contributed by atoms with van der Waals surface area (Å²) in [6.45, 7) is 0. The molecule has 0 saturated carbocycles. The summed E-state index contributed by atoms with van der Waals surface area (Å²) in [7, 11) is 0. The average molecular weight is 270 g/mol. The molecule has 0 heterocycles. The van der Waals surface area contributed by atoms with Crippen molar-refractivity contribution >= 4 is 23.3 Å². The first kappa shape index (κ1) is 13.6. The summed E-state index contributed by atoms with van der Waals surface area (Å²) in [4.78, 5) is 23.2. The van der Waals surface area contributed by atoms with E-state index in [9.17, 15) is 9.59 Å². The Hall–Kier alpha value is -2.82. The zero-order chi connectivity index (χ0) is 14.4. The van der Waals surface area contributed by atoms with Gasteiger partial charge in [-0.25, -0.2) is 4.79 Å². The molecule has 0 aromatic heterocycles. The maximum atomic E-state index is 12.0. The summed E-state index contributed by atoms with van der Waals surface area (Å²) < 4.78 is 0. The molecule has 102 valence electrons. The molecule has 1 amide bonds. The first-order valence-electron chi connectivity index (χ1n) is 6.07. The minimum atomic E-state index is -1.35. The van der Waals surface area contributed by atoms with Crippen LogP contribution in [0.3, 0.4) is 0 Å². The Bertz CT molecular complexity index is 585. The molecule has 0 radical (unpaired) electrons. The zero-order valence-corrected chi connectivity index (χ0v) is 10.6. The zero-order valence-electron chi connectivity index (χ0n) is 10.6. The van der Waals surface area contributed by atoms with Gasteiger partial charge in [0.15, 0.2) is 0 Å². The van der Waals surface area contributed by atoms with Gasteiger partial charge in [-0.05, 0) is 24.3 Å². The number of aliphatic carboxylic acids is 1. The van der Waals surface area contributed by atoms with Gasteiger partial charge in [-0.2, -0.15) is 0 Å². The number of rotatable bonds is 5. The van der Waals surface area contributed by atoms with Gasteiger partial charge in [0.05, 0.1) is 0 Å². The third kappa shape index (κ3) is 3.58. The molecule has 0 aliphatic heterocycles. The van der Waals surface area contributed by atoms with Crippen molar-refractivity contribution in [2.45, 2.75) is 6.04 Å². The molecule has 0 aliphatic rings. The molecule has 0 fully saturated rings. The molecular weight excluding hydrogens is 256 g/mol. The predicted molar refractivity (Wildman–Crippen MR) is 76.6 cm³/mol. The fourth-order valence-corrected chi connectivity index (χ4v) is 1.68. The lowest BCUT2D eigenvalue weighted by atomic mass is 10.2. The predicted octanol–water partition coefficient (Wildman–Crippen LogP) is 2.19. The van der Waals surface area contributed by atoms with E-state index < -0.39 is 17.9 Å². The Balaban J connectivity index is 2.09. The first-order chi connectivity index (χ1) is 9.66. The van der Waals surface area contributed by atoms with Crippen LogP contribution < -0.4 is 10.6 Å². The number of para-hydroxylation sites is 2. The van der Waals surface area contributed by atoms with Crippen LogP contribution >= 0.6 is 0 Å². The monoisotopic (exact) mass is 270 g/mol. The third-order valence-corrected chi connectivity index (χ3v) is 2.64. The van der Waals surface area contributed by atoms with Gasteiger partial charge in [-0.1, -0.05) is 36.4 Å². The number of amides is 1. The van der Waals surface area contributed by atoms with Gasteiger partial charge >= 0.3 is 5.97 Å².